The van der Waals surface area contributed by atoms with Crippen molar-refractivity contribution in [1.82, 2.24) is 9.80 Å². The van der Waals surface area contributed by atoms with E-state index >= 15 is 0 Å². The molecule has 3 fully saturated rings. The summed E-state index contributed by atoms with van der Waals surface area (Å²) in [4.78, 5) is 18.6. The van der Waals surface area contributed by atoms with Crippen molar-refractivity contribution in [1.29, 1.82) is 0 Å². The summed E-state index contributed by atoms with van der Waals surface area (Å²) in [5.74, 6) is -2.41. The van der Waals surface area contributed by atoms with E-state index in [9.17, 15) is 20.1 Å². The van der Waals surface area contributed by atoms with Gasteiger partial charge < -0.3 is 63.0 Å². The van der Waals surface area contributed by atoms with Crippen molar-refractivity contribution in [2.75, 3.05) is 55.1 Å². The fourth-order valence-electron chi connectivity index (χ4n) is 9.33. The molecule has 1 aromatic carbocycles. The second kappa shape index (κ2) is 21.3. The average molecular weight is 825 g/mol. The highest BCUT2D eigenvalue weighted by Gasteiger charge is 2.52. The quantitative estimate of drug-likeness (QED) is 0.277. The van der Waals surface area contributed by atoms with Crippen LogP contribution < -0.4 is 0 Å². The number of hydrogen-bond acceptors (Lipinski definition) is 14. The van der Waals surface area contributed by atoms with Gasteiger partial charge >= 0.3 is 5.97 Å². The fraction of sp³-hybridized carbons (Fsp3) is 0.841. The molecule has 0 saturated carbocycles. The van der Waals surface area contributed by atoms with E-state index in [4.69, 9.17) is 37.9 Å². The molecule has 3 heterocycles. The molecule has 58 heavy (non-hydrogen) atoms. The standard InChI is InChI=1S/C44H76N2O12/c1-26-20-44(8,52-13)40(58-42-37(48)34(45(9)10)19-28(3)54-42)29(4)38(57-35-21-43(7,51-12)39(49)31(6)55-35)30(5)41(50)56-33(23-46(11)22-27(2)36(26)47)25-53-24-32-17-15-14-16-18-32/h14-18,26-31,33-40,42,47-49H,19-25H2,1-13H3/t26-,27-,28-,29+,30-,31+,33-,34+,35+,36+,37-,38+,39+,40-,42+,43-,44+/m1/s1. The van der Waals surface area contributed by atoms with Gasteiger partial charge in [0.05, 0.1) is 60.9 Å². The number of likely N-dealkylation sites (N-methyl/N-ethyl adjacent to an activating group) is 2. The molecule has 14 heteroatoms. The Kier molecular flexibility index (Phi) is 18.0. The lowest BCUT2D eigenvalue weighted by molar-refractivity contribution is -0.319. The van der Waals surface area contributed by atoms with Crippen molar-refractivity contribution in [2.24, 2.45) is 23.7 Å². The first-order valence-corrected chi connectivity index (χ1v) is 21.2. The van der Waals surface area contributed by atoms with E-state index in [1.807, 2.05) is 97.9 Å². The summed E-state index contributed by atoms with van der Waals surface area (Å²) in [6.07, 6.45) is -6.66. The summed E-state index contributed by atoms with van der Waals surface area (Å²) in [7, 11) is 8.95. The third-order valence-corrected chi connectivity index (χ3v) is 13.0. The normalized spacial score (nSPS) is 43.1. The van der Waals surface area contributed by atoms with Crippen LogP contribution >= 0.6 is 0 Å². The number of nitrogens with zero attached hydrogens (tertiary/aromatic N) is 2. The Morgan fingerprint density at radius 3 is 2.14 bits per heavy atom. The number of methoxy groups -OCH3 is 2. The Bertz CT molecular complexity index is 1390. The zero-order valence-electron chi connectivity index (χ0n) is 37.4. The molecule has 3 N–H and O–H groups in total. The largest absolute Gasteiger partial charge is 0.458 e. The minimum atomic E-state index is -1.08. The van der Waals surface area contributed by atoms with Gasteiger partial charge in [-0.25, -0.2) is 0 Å². The molecular weight excluding hydrogens is 748 g/mol. The van der Waals surface area contributed by atoms with E-state index in [1.165, 1.54) is 0 Å². The van der Waals surface area contributed by atoms with E-state index in [0.717, 1.165) is 5.56 Å². The number of esters is 1. The van der Waals surface area contributed by atoms with E-state index in [0.29, 0.717) is 32.5 Å². The van der Waals surface area contributed by atoms with Crippen LogP contribution in [0.5, 0.6) is 0 Å². The van der Waals surface area contributed by atoms with Crippen molar-refractivity contribution in [3.8, 4) is 0 Å². The predicted octanol–water partition coefficient (Wildman–Crippen LogP) is 3.86. The summed E-state index contributed by atoms with van der Waals surface area (Å²) in [6.45, 7) is 16.6. The maximum atomic E-state index is 14.5. The highest BCUT2D eigenvalue weighted by molar-refractivity contribution is 5.73. The lowest BCUT2D eigenvalue weighted by Gasteiger charge is -2.49. The van der Waals surface area contributed by atoms with Gasteiger partial charge in [-0.2, -0.15) is 0 Å². The van der Waals surface area contributed by atoms with Crippen molar-refractivity contribution < 1.29 is 58.0 Å². The Morgan fingerprint density at radius 1 is 0.862 bits per heavy atom. The Labute approximate surface area is 347 Å². The lowest BCUT2D eigenvalue weighted by atomic mass is 9.75. The van der Waals surface area contributed by atoms with Crippen LogP contribution in [0, 0.1) is 23.7 Å². The molecule has 1 aromatic rings. The minimum Gasteiger partial charge on any atom is -0.458 e. The SMILES string of the molecule is CO[C@]1(C)C[C@H](O[C@H]2[C@H](C)[C@@H](O[C@@H]3O[C@H](C)C[C@H](N(C)C)[C@H]3O)[C@@](C)(OC)C[C@@H](C)[C@H](O)[C@H](C)CN(C)C[C@H](COCc3ccccc3)OC(=O)[C@@H]2C)O[C@@H](C)[C@@H]1O. The van der Waals surface area contributed by atoms with E-state index < -0.39 is 84.3 Å². The number of hydrogen-bond donors (Lipinski definition) is 3. The predicted molar refractivity (Wildman–Crippen MR) is 219 cm³/mol. The molecule has 0 aliphatic carbocycles. The molecule has 14 nitrogen and oxygen atoms in total. The summed E-state index contributed by atoms with van der Waals surface area (Å²) in [6, 6.07) is 9.58. The molecule has 0 bridgehead atoms. The van der Waals surface area contributed by atoms with Crippen LogP contribution in [0.25, 0.3) is 0 Å². The molecule has 0 spiro atoms. The molecule has 3 aliphatic rings. The molecule has 0 aromatic heterocycles. The van der Waals surface area contributed by atoms with Crippen LogP contribution in [0.1, 0.15) is 80.2 Å². The van der Waals surface area contributed by atoms with Gasteiger partial charge in [-0.1, -0.05) is 51.1 Å². The number of ether oxygens (including phenoxy) is 8. The fourth-order valence-corrected chi connectivity index (χ4v) is 9.33. The third-order valence-electron chi connectivity index (χ3n) is 13.0. The second-order valence-corrected chi connectivity index (χ2v) is 18.3. The van der Waals surface area contributed by atoms with Crippen molar-refractivity contribution >= 4 is 5.97 Å². The van der Waals surface area contributed by atoms with Gasteiger partial charge in [0.25, 0.3) is 0 Å². The Morgan fingerprint density at radius 2 is 1.52 bits per heavy atom. The van der Waals surface area contributed by atoms with Crippen LogP contribution in [-0.2, 0) is 49.3 Å². The van der Waals surface area contributed by atoms with Gasteiger partial charge in [0, 0.05) is 45.7 Å². The molecular formula is C44H76N2O12. The maximum Gasteiger partial charge on any atom is 0.311 e. The smallest absolute Gasteiger partial charge is 0.311 e. The summed E-state index contributed by atoms with van der Waals surface area (Å²) in [5, 5.41) is 34.6. The van der Waals surface area contributed by atoms with Crippen LogP contribution in [0.3, 0.4) is 0 Å². The van der Waals surface area contributed by atoms with Crippen LogP contribution in [0.15, 0.2) is 30.3 Å². The average Bonchev–Trinajstić information content (AvgIpc) is 3.17. The van der Waals surface area contributed by atoms with Gasteiger partial charge in [0.2, 0.25) is 0 Å². The number of aliphatic hydroxyl groups excluding tert-OH is 3. The summed E-state index contributed by atoms with van der Waals surface area (Å²) in [5.41, 5.74) is -1.07. The third kappa shape index (κ3) is 12.2. The summed E-state index contributed by atoms with van der Waals surface area (Å²) < 4.78 is 51.2. The lowest BCUT2D eigenvalue weighted by Crippen LogP contribution is -2.61. The zero-order chi connectivity index (χ0) is 43.1. The van der Waals surface area contributed by atoms with Gasteiger partial charge in [0.15, 0.2) is 12.6 Å². The molecule has 0 radical (unpaired) electrons. The number of carbonyl (C=O) groups is 1. The van der Waals surface area contributed by atoms with Gasteiger partial charge in [-0.05, 0) is 86.0 Å². The number of benzene rings is 1. The Balaban J connectivity index is 1.79. The first-order chi connectivity index (χ1) is 27.2. The number of aliphatic hydroxyl groups is 3. The monoisotopic (exact) mass is 825 g/mol. The second-order valence-electron chi connectivity index (χ2n) is 18.3. The van der Waals surface area contributed by atoms with Crippen molar-refractivity contribution in [2.45, 2.75) is 160 Å². The van der Waals surface area contributed by atoms with Crippen LogP contribution in [0.4, 0.5) is 0 Å². The van der Waals surface area contributed by atoms with Crippen molar-refractivity contribution in [3.05, 3.63) is 35.9 Å². The molecule has 3 saturated heterocycles. The van der Waals surface area contributed by atoms with Gasteiger partial charge in [0.1, 0.15) is 18.3 Å². The highest BCUT2D eigenvalue weighted by Crippen LogP contribution is 2.41. The van der Waals surface area contributed by atoms with Gasteiger partial charge in [-0.15, -0.1) is 0 Å². The first kappa shape index (κ1) is 48.9. The summed E-state index contributed by atoms with van der Waals surface area (Å²) >= 11 is 0. The molecule has 17 atom stereocenters. The topological polar surface area (TPSA) is 158 Å². The van der Waals surface area contributed by atoms with E-state index in [-0.39, 0.29) is 37.0 Å². The zero-order valence-corrected chi connectivity index (χ0v) is 37.4. The molecule has 334 valence electrons. The maximum absolute atomic E-state index is 14.5. The molecule has 0 amide bonds. The minimum absolute atomic E-state index is 0.148. The van der Waals surface area contributed by atoms with Gasteiger partial charge in [-0.3, -0.25) is 4.79 Å². The first-order valence-electron chi connectivity index (χ1n) is 21.2. The number of rotatable bonds is 11. The molecule has 3 aliphatic heterocycles. The number of cyclic esters (lactones) is 1. The van der Waals surface area contributed by atoms with E-state index in [2.05, 4.69) is 4.90 Å². The molecule has 0 unspecified atom stereocenters. The van der Waals surface area contributed by atoms with Crippen molar-refractivity contribution in [3.63, 3.8) is 0 Å². The van der Waals surface area contributed by atoms with Crippen LogP contribution in [-0.4, -0.2) is 165 Å². The Hall–Kier alpha value is -1.79. The molecule has 4 rings (SSSR count). The number of carbonyl (C=O) groups excluding carboxylic acids is 1. The van der Waals surface area contributed by atoms with Crippen LogP contribution in [0.2, 0.25) is 0 Å². The highest BCUT2D eigenvalue weighted by atomic mass is 16.7. The van der Waals surface area contributed by atoms with E-state index in [1.54, 1.807) is 28.1 Å².